The second kappa shape index (κ2) is 9.85. The summed E-state index contributed by atoms with van der Waals surface area (Å²) in [5.74, 6) is 0.125. The molecule has 4 rings (SSSR count). The van der Waals surface area contributed by atoms with E-state index < -0.39 is 16.6 Å². The van der Waals surface area contributed by atoms with Crippen LogP contribution in [0, 0.1) is 0 Å². The molecule has 0 atom stereocenters. The van der Waals surface area contributed by atoms with Crippen LogP contribution in [0.1, 0.15) is 30.9 Å². The van der Waals surface area contributed by atoms with Crippen molar-refractivity contribution in [2.45, 2.75) is 50.3 Å². The summed E-state index contributed by atoms with van der Waals surface area (Å²) in [6, 6.07) is 9.65. The van der Waals surface area contributed by atoms with Gasteiger partial charge in [-0.15, -0.1) is 0 Å². The summed E-state index contributed by atoms with van der Waals surface area (Å²) >= 11 is 0. The Kier molecular flexibility index (Phi) is 7.06. The number of nitrogens with zero attached hydrogens (tertiary/aromatic N) is 2. The highest BCUT2D eigenvalue weighted by Gasteiger charge is 2.33. The van der Waals surface area contributed by atoms with Gasteiger partial charge in [0.05, 0.1) is 18.0 Å². The molecule has 2 aliphatic rings. The SMILES string of the molecule is CCOc1cc(CN(CC(=O)N2CCc3cc(S(N)(=O)=O)ccc32)C2CC2)ccc1OC(F)F. The summed E-state index contributed by atoms with van der Waals surface area (Å²) in [4.78, 5) is 16.9. The van der Waals surface area contributed by atoms with Crippen molar-refractivity contribution in [1.82, 2.24) is 4.90 Å². The molecule has 0 unspecified atom stereocenters. The molecule has 0 bridgehead atoms. The average Bonchev–Trinajstić information content (AvgIpc) is 3.52. The number of ether oxygens (including phenoxy) is 2. The van der Waals surface area contributed by atoms with E-state index in [2.05, 4.69) is 9.64 Å². The minimum absolute atomic E-state index is 0.0258. The van der Waals surface area contributed by atoms with Gasteiger partial charge in [0.2, 0.25) is 15.9 Å². The standard InChI is InChI=1S/C23H27F2N3O5S/c1-2-32-21-11-15(3-8-20(21)33-23(24)25)13-27(17-4-5-17)14-22(29)28-10-9-16-12-18(34(26,30)31)6-7-19(16)28/h3,6-8,11-12,17,23H,2,4-5,9-10,13-14H2,1H3,(H2,26,30,31). The van der Waals surface area contributed by atoms with E-state index >= 15 is 0 Å². The molecule has 1 amide bonds. The predicted molar refractivity (Wildman–Crippen MR) is 122 cm³/mol. The summed E-state index contributed by atoms with van der Waals surface area (Å²) in [6.07, 6.45) is 2.51. The summed E-state index contributed by atoms with van der Waals surface area (Å²) in [6.45, 7) is 0.213. The zero-order valence-corrected chi connectivity index (χ0v) is 19.6. The summed E-state index contributed by atoms with van der Waals surface area (Å²) in [5.41, 5.74) is 2.29. The lowest BCUT2D eigenvalue weighted by atomic mass is 10.1. The van der Waals surface area contributed by atoms with Crippen molar-refractivity contribution in [3.8, 4) is 11.5 Å². The Labute approximate surface area is 197 Å². The van der Waals surface area contributed by atoms with Gasteiger partial charge in [-0.05, 0) is 67.6 Å². The lowest BCUT2D eigenvalue weighted by molar-refractivity contribution is -0.119. The first-order valence-corrected chi connectivity index (χ1v) is 12.6. The van der Waals surface area contributed by atoms with Crippen molar-refractivity contribution < 1.29 is 31.5 Å². The maximum atomic E-state index is 13.2. The van der Waals surface area contributed by atoms with Crippen molar-refractivity contribution in [1.29, 1.82) is 0 Å². The minimum atomic E-state index is -3.81. The number of hydrogen-bond acceptors (Lipinski definition) is 6. The Morgan fingerprint density at radius 2 is 1.97 bits per heavy atom. The van der Waals surface area contributed by atoms with Gasteiger partial charge in [0, 0.05) is 24.8 Å². The molecule has 1 aliphatic carbocycles. The molecule has 0 aromatic heterocycles. The van der Waals surface area contributed by atoms with Crippen LogP contribution in [-0.4, -0.2) is 51.6 Å². The Morgan fingerprint density at radius 3 is 2.62 bits per heavy atom. The number of fused-ring (bicyclic) bond motifs is 1. The van der Waals surface area contributed by atoms with Crippen LogP contribution in [0.15, 0.2) is 41.3 Å². The smallest absolute Gasteiger partial charge is 0.387 e. The molecule has 11 heteroatoms. The molecule has 0 saturated heterocycles. The van der Waals surface area contributed by atoms with Crippen LogP contribution in [-0.2, 0) is 27.8 Å². The number of amides is 1. The molecule has 1 saturated carbocycles. The van der Waals surface area contributed by atoms with Gasteiger partial charge in [-0.1, -0.05) is 6.07 Å². The Hall–Kier alpha value is -2.76. The van der Waals surface area contributed by atoms with Crippen molar-refractivity contribution in [2.24, 2.45) is 5.14 Å². The van der Waals surface area contributed by atoms with Crippen molar-refractivity contribution in [2.75, 3.05) is 24.6 Å². The third-order valence-corrected chi connectivity index (χ3v) is 6.80. The van der Waals surface area contributed by atoms with Crippen LogP contribution in [0.25, 0.3) is 0 Å². The first-order chi connectivity index (χ1) is 16.2. The summed E-state index contributed by atoms with van der Waals surface area (Å²) in [7, 11) is -3.81. The summed E-state index contributed by atoms with van der Waals surface area (Å²) < 4.78 is 58.6. The van der Waals surface area contributed by atoms with E-state index in [1.165, 1.54) is 18.2 Å². The van der Waals surface area contributed by atoms with E-state index in [-0.39, 0.29) is 34.9 Å². The number of carbonyl (C=O) groups is 1. The van der Waals surface area contributed by atoms with Crippen LogP contribution in [0.2, 0.25) is 0 Å². The predicted octanol–water partition coefficient (Wildman–Crippen LogP) is 2.89. The third kappa shape index (κ3) is 5.65. The van der Waals surface area contributed by atoms with E-state index in [9.17, 15) is 22.0 Å². The van der Waals surface area contributed by atoms with E-state index in [1.54, 1.807) is 30.0 Å². The van der Waals surface area contributed by atoms with Crippen molar-refractivity contribution in [3.05, 3.63) is 47.5 Å². The van der Waals surface area contributed by atoms with Gasteiger partial charge in [-0.3, -0.25) is 9.69 Å². The number of rotatable bonds is 10. The van der Waals surface area contributed by atoms with Crippen LogP contribution >= 0.6 is 0 Å². The molecule has 2 aromatic carbocycles. The highest BCUT2D eigenvalue weighted by molar-refractivity contribution is 7.89. The van der Waals surface area contributed by atoms with Gasteiger partial charge >= 0.3 is 6.61 Å². The van der Waals surface area contributed by atoms with Gasteiger partial charge in [-0.25, -0.2) is 13.6 Å². The normalized spacial score (nSPS) is 15.6. The second-order valence-corrected chi connectivity index (χ2v) is 9.92. The highest BCUT2D eigenvalue weighted by Crippen LogP contribution is 2.34. The van der Waals surface area contributed by atoms with E-state index in [1.807, 2.05) is 0 Å². The maximum absolute atomic E-state index is 13.2. The molecule has 0 spiro atoms. The zero-order chi connectivity index (χ0) is 24.5. The monoisotopic (exact) mass is 495 g/mol. The van der Waals surface area contributed by atoms with Crippen molar-refractivity contribution in [3.63, 3.8) is 0 Å². The molecule has 8 nitrogen and oxygen atoms in total. The fraction of sp³-hybridized carbons (Fsp3) is 0.435. The number of hydrogen-bond donors (Lipinski definition) is 1. The zero-order valence-electron chi connectivity index (χ0n) is 18.7. The quantitative estimate of drug-likeness (QED) is 0.544. The Morgan fingerprint density at radius 1 is 1.21 bits per heavy atom. The van der Waals surface area contributed by atoms with E-state index in [0.717, 1.165) is 24.0 Å². The molecule has 1 fully saturated rings. The van der Waals surface area contributed by atoms with Crippen LogP contribution in [0.3, 0.4) is 0 Å². The minimum Gasteiger partial charge on any atom is -0.490 e. The fourth-order valence-electron chi connectivity index (χ4n) is 4.17. The first kappa shape index (κ1) is 24.4. The van der Waals surface area contributed by atoms with Crippen molar-refractivity contribution >= 4 is 21.6 Å². The lowest BCUT2D eigenvalue weighted by Gasteiger charge is -2.25. The highest BCUT2D eigenvalue weighted by atomic mass is 32.2. The number of nitrogens with two attached hydrogens (primary N) is 1. The van der Waals surface area contributed by atoms with E-state index in [0.29, 0.717) is 31.8 Å². The van der Waals surface area contributed by atoms with Crippen LogP contribution in [0.4, 0.5) is 14.5 Å². The number of benzene rings is 2. The first-order valence-electron chi connectivity index (χ1n) is 11.1. The average molecular weight is 496 g/mol. The molecule has 34 heavy (non-hydrogen) atoms. The molecule has 2 aromatic rings. The molecule has 1 heterocycles. The van der Waals surface area contributed by atoms with Crippen LogP contribution < -0.4 is 19.5 Å². The maximum Gasteiger partial charge on any atom is 0.387 e. The van der Waals surface area contributed by atoms with Gasteiger partial charge in [0.15, 0.2) is 11.5 Å². The lowest BCUT2D eigenvalue weighted by Crippen LogP contribution is -2.40. The van der Waals surface area contributed by atoms with Gasteiger partial charge < -0.3 is 14.4 Å². The molecular weight excluding hydrogens is 468 g/mol. The number of carbonyl (C=O) groups excluding carboxylic acids is 1. The van der Waals surface area contributed by atoms with E-state index in [4.69, 9.17) is 9.88 Å². The molecule has 0 radical (unpaired) electrons. The third-order valence-electron chi connectivity index (χ3n) is 5.89. The Balaban J connectivity index is 1.48. The number of anilines is 1. The second-order valence-electron chi connectivity index (χ2n) is 8.36. The largest absolute Gasteiger partial charge is 0.490 e. The molecular formula is C23H27F2N3O5S. The van der Waals surface area contributed by atoms with Gasteiger partial charge in [-0.2, -0.15) is 8.78 Å². The number of alkyl halides is 2. The van der Waals surface area contributed by atoms with Gasteiger partial charge in [0.25, 0.3) is 0 Å². The molecule has 2 N–H and O–H groups in total. The topological polar surface area (TPSA) is 102 Å². The number of primary sulfonamides is 1. The molecule has 1 aliphatic heterocycles. The van der Waals surface area contributed by atoms with Crippen LogP contribution in [0.5, 0.6) is 11.5 Å². The number of sulfonamides is 1. The Bertz CT molecular complexity index is 1170. The number of halogens is 2. The summed E-state index contributed by atoms with van der Waals surface area (Å²) in [5, 5.41) is 5.22. The fourth-order valence-corrected chi connectivity index (χ4v) is 4.74. The van der Waals surface area contributed by atoms with Gasteiger partial charge in [0.1, 0.15) is 0 Å². The molecule has 184 valence electrons.